The van der Waals surface area contributed by atoms with Gasteiger partial charge in [-0.05, 0) is 12.1 Å². The quantitative estimate of drug-likeness (QED) is 0.799. The number of aliphatic hydroxyl groups is 1. The van der Waals surface area contributed by atoms with Gasteiger partial charge < -0.3 is 10.4 Å². The molecule has 1 aromatic carbocycles. The molecule has 1 aromatic rings. The lowest BCUT2D eigenvalue weighted by Gasteiger charge is -2.44. The van der Waals surface area contributed by atoms with Gasteiger partial charge in [0.15, 0.2) is 0 Å². The number of aliphatic hydroxyl groups excluding tert-OH is 1. The third-order valence-electron chi connectivity index (χ3n) is 4.30. The highest BCUT2D eigenvalue weighted by Crippen LogP contribution is 2.44. The van der Waals surface area contributed by atoms with Gasteiger partial charge in [-0.1, -0.05) is 19.9 Å². The van der Waals surface area contributed by atoms with Crippen LogP contribution >= 0.6 is 12.4 Å². The Morgan fingerprint density at radius 3 is 2.29 bits per heavy atom. The molecule has 138 valence electrons. The minimum atomic E-state index is -4.64. The van der Waals surface area contributed by atoms with Crippen molar-refractivity contribution in [1.29, 1.82) is 0 Å². The van der Waals surface area contributed by atoms with Crippen LogP contribution in [0.25, 0.3) is 0 Å². The molecule has 8 heteroatoms. The molecular weight excluding hydrogens is 348 g/mol. The lowest BCUT2D eigenvalue weighted by molar-refractivity contribution is -0.139. The molecule has 1 aliphatic rings. The first-order chi connectivity index (χ1) is 10.7. The van der Waals surface area contributed by atoms with Crippen molar-refractivity contribution in [2.75, 3.05) is 32.8 Å². The molecule has 0 bridgehead atoms. The number of hydrogen-bond donors (Lipinski definition) is 2. The highest BCUT2D eigenvalue weighted by molar-refractivity contribution is 5.85. The normalized spacial score (nSPS) is 18.1. The molecule has 24 heavy (non-hydrogen) atoms. The average molecular weight is 371 g/mol. The number of rotatable bonds is 4. The molecule has 0 saturated carbocycles. The average Bonchev–Trinajstić information content (AvgIpc) is 2.49. The van der Waals surface area contributed by atoms with Gasteiger partial charge in [0.05, 0.1) is 5.56 Å². The molecule has 0 amide bonds. The van der Waals surface area contributed by atoms with Gasteiger partial charge in [0.1, 0.15) is 5.82 Å². The Morgan fingerprint density at radius 1 is 1.21 bits per heavy atom. The zero-order valence-corrected chi connectivity index (χ0v) is 14.5. The SMILES string of the molecule is CC(C)(CO)[C@@H](c1c(F)cccc1C(F)(F)F)N1CCNCC1.Cl. The number of hydrogen-bond acceptors (Lipinski definition) is 3. The van der Waals surface area contributed by atoms with E-state index >= 15 is 0 Å². The van der Waals surface area contributed by atoms with Gasteiger partial charge in [-0.25, -0.2) is 4.39 Å². The maximum absolute atomic E-state index is 14.4. The van der Waals surface area contributed by atoms with Crippen LogP contribution in [0.3, 0.4) is 0 Å². The Kier molecular flexibility index (Phi) is 7.04. The molecule has 0 unspecified atom stereocenters. The van der Waals surface area contributed by atoms with Gasteiger partial charge in [-0.3, -0.25) is 4.90 Å². The third kappa shape index (κ3) is 4.39. The number of halogens is 5. The van der Waals surface area contributed by atoms with Crippen LogP contribution in [0, 0.1) is 11.2 Å². The number of alkyl halides is 3. The van der Waals surface area contributed by atoms with Crippen LogP contribution in [0.4, 0.5) is 17.6 Å². The summed E-state index contributed by atoms with van der Waals surface area (Å²) < 4.78 is 54.6. The number of nitrogens with zero attached hydrogens (tertiary/aromatic N) is 1. The van der Waals surface area contributed by atoms with E-state index in [9.17, 15) is 22.7 Å². The van der Waals surface area contributed by atoms with Crippen molar-refractivity contribution in [3.63, 3.8) is 0 Å². The molecule has 1 aliphatic heterocycles. The fourth-order valence-electron chi connectivity index (χ4n) is 3.16. The second-order valence-corrected chi connectivity index (χ2v) is 6.53. The molecule has 2 N–H and O–H groups in total. The van der Waals surface area contributed by atoms with E-state index < -0.39 is 29.0 Å². The summed E-state index contributed by atoms with van der Waals surface area (Å²) in [5, 5.41) is 12.8. The fourth-order valence-corrected chi connectivity index (χ4v) is 3.16. The lowest BCUT2D eigenvalue weighted by Crippen LogP contribution is -2.50. The number of benzene rings is 1. The molecule has 0 spiro atoms. The van der Waals surface area contributed by atoms with Crippen molar-refractivity contribution in [3.05, 3.63) is 35.1 Å². The molecule has 0 radical (unpaired) electrons. The van der Waals surface area contributed by atoms with Gasteiger partial charge in [0, 0.05) is 49.8 Å². The molecule has 1 fully saturated rings. The summed E-state index contributed by atoms with van der Waals surface area (Å²) in [4.78, 5) is 1.82. The van der Waals surface area contributed by atoms with E-state index in [0.717, 1.165) is 18.2 Å². The van der Waals surface area contributed by atoms with Gasteiger partial charge in [-0.15, -0.1) is 12.4 Å². The largest absolute Gasteiger partial charge is 0.416 e. The highest BCUT2D eigenvalue weighted by Gasteiger charge is 2.43. The molecule has 1 heterocycles. The van der Waals surface area contributed by atoms with Crippen molar-refractivity contribution in [3.8, 4) is 0 Å². The van der Waals surface area contributed by atoms with Crippen molar-refractivity contribution in [2.45, 2.75) is 26.1 Å². The summed E-state index contributed by atoms with van der Waals surface area (Å²) >= 11 is 0. The minimum Gasteiger partial charge on any atom is -0.396 e. The van der Waals surface area contributed by atoms with E-state index in [0.29, 0.717) is 26.2 Å². The Labute approximate surface area is 145 Å². The fraction of sp³-hybridized carbons (Fsp3) is 0.625. The summed E-state index contributed by atoms with van der Waals surface area (Å²) in [5.41, 5.74) is -2.26. The standard InChI is InChI=1S/C16H22F4N2O.ClH/c1-15(2,10-23)14(22-8-6-21-7-9-22)13-11(16(18,19)20)4-3-5-12(13)17;/h3-5,14,21,23H,6-10H2,1-2H3;1H/t14-;/m1./s1. The molecule has 3 nitrogen and oxygen atoms in total. The van der Waals surface area contributed by atoms with Crippen LogP contribution in [0.5, 0.6) is 0 Å². The van der Waals surface area contributed by atoms with Gasteiger partial charge in [0.25, 0.3) is 0 Å². The van der Waals surface area contributed by atoms with E-state index in [4.69, 9.17) is 0 Å². The maximum atomic E-state index is 14.4. The summed E-state index contributed by atoms with van der Waals surface area (Å²) in [7, 11) is 0. The molecule has 0 aliphatic carbocycles. The van der Waals surface area contributed by atoms with Crippen LogP contribution in [0.1, 0.15) is 31.0 Å². The Morgan fingerprint density at radius 2 is 1.79 bits per heavy atom. The maximum Gasteiger partial charge on any atom is 0.416 e. The van der Waals surface area contributed by atoms with E-state index in [1.165, 1.54) is 0 Å². The highest BCUT2D eigenvalue weighted by atomic mass is 35.5. The Balaban J connectivity index is 0.00000288. The van der Waals surface area contributed by atoms with Crippen LogP contribution in [0.15, 0.2) is 18.2 Å². The first-order valence-electron chi connectivity index (χ1n) is 7.59. The van der Waals surface area contributed by atoms with Crippen LogP contribution in [-0.2, 0) is 6.18 Å². The molecular formula is C16H23ClF4N2O. The first-order valence-corrected chi connectivity index (χ1v) is 7.59. The van der Waals surface area contributed by atoms with Gasteiger partial charge in [-0.2, -0.15) is 13.2 Å². The monoisotopic (exact) mass is 370 g/mol. The topological polar surface area (TPSA) is 35.5 Å². The lowest BCUT2D eigenvalue weighted by atomic mass is 9.78. The minimum absolute atomic E-state index is 0. The van der Waals surface area contributed by atoms with Crippen LogP contribution in [0.2, 0.25) is 0 Å². The van der Waals surface area contributed by atoms with E-state index in [1.807, 2.05) is 4.90 Å². The second kappa shape index (κ2) is 7.99. The Hall–Kier alpha value is -0.890. The zero-order chi connectivity index (χ0) is 17.3. The number of piperazine rings is 1. The first kappa shape index (κ1) is 21.2. The summed E-state index contributed by atoms with van der Waals surface area (Å²) in [6, 6.07) is 2.17. The predicted octanol–water partition coefficient (Wildman–Crippen LogP) is 3.23. The summed E-state index contributed by atoms with van der Waals surface area (Å²) in [6.07, 6.45) is -4.64. The third-order valence-corrected chi connectivity index (χ3v) is 4.30. The van der Waals surface area contributed by atoms with Crippen LogP contribution in [-0.4, -0.2) is 42.8 Å². The molecule has 0 aromatic heterocycles. The zero-order valence-electron chi connectivity index (χ0n) is 13.7. The molecule has 2 rings (SSSR count). The van der Waals surface area contributed by atoms with Gasteiger partial charge in [0.2, 0.25) is 0 Å². The van der Waals surface area contributed by atoms with Crippen molar-refractivity contribution < 1.29 is 22.7 Å². The second-order valence-electron chi connectivity index (χ2n) is 6.53. The van der Waals surface area contributed by atoms with Crippen LogP contribution < -0.4 is 5.32 Å². The smallest absolute Gasteiger partial charge is 0.396 e. The van der Waals surface area contributed by atoms with Crippen molar-refractivity contribution in [1.82, 2.24) is 10.2 Å². The van der Waals surface area contributed by atoms with Crippen molar-refractivity contribution in [2.24, 2.45) is 5.41 Å². The molecule has 1 saturated heterocycles. The van der Waals surface area contributed by atoms with Crippen molar-refractivity contribution >= 4 is 12.4 Å². The Bertz CT molecular complexity index is 545. The van der Waals surface area contributed by atoms with E-state index in [-0.39, 0.29) is 24.6 Å². The predicted molar refractivity (Wildman–Crippen MR) is 86.7 cm³/mol. The van der Waals surface area contributed by atoms with E-state index in [2.05, 4.69) is 5.32 Å². The summed E-state index contributed by atoms with van der Waals surface area (Å²) in [6.45, 7) is 5.22. The molecule has 1 atom stereocenters. The van der Waals surface area contributed by atoms with Gasteiger partial charge >= 0.3 is 6.18 Å². The van der Waals surface area contributed by atoms with E-state index in [1.54, 1.807) is 13.8 Å². The number of nitrogens with one attached hydrogen (secondary N) is 1. The summed E-state index contributed by atoms with van der Waals surface area (Å²) in [5.74, 6) is -0.884.